The van der Waals surface area contributed by atoms with E-state index in [2.05, 4.69) is 20.6 Å². The van der Waals surface area contributed by atoms with Crippen LogP contribution in [0.1, 0.15) is 19.8 Å². The molecule has 1 aliphatic carbocycles. The summed E-state index contributed by atoms with van der Waals surface area (Å²) in [5.74, 6) is 0.252. The molecular weight excluding hydrogens is 276 g/mol. The van der Waals surface area contributed by atoms with E-state index in [0.29, 0.717) is 12.5 Å². The number of carbonyl (C=O) groups excluding carboxylic acids is 1. The Kier molecular flexibility index (Phi) is 4.51. The Bertz CT molecular complexity index is 546. The van der Waals surface area contributed by atoms with Gasteiger partial charge in [0.05, 0.1) is 11.5 Å². The Morgan fingerprint density at radius 3 is 2.86 bits per heavy atom. The summed E-state index contributed by atoms with van der Waals surface area (Å²) in [4.78, 5) is 31.7. The van der Waals surface area contributed by atoms with Crippen LogP contribution in [0.2, 0.25) is 0 Å². The van der Waals surface area contributed by atoms with Crippen LogP contribution in [-0.2, 0) is 4.79 Å². The molecular formula is C12H18N6O3. The summed E-state index contributed by atoms with van der Waals surface area (Å²) in [5, 5.41) is 16.8. The van der Waals surface area contributed by atoms with E-state index in [1.165, 1.54) is 4.90 Å². The second-order valence-corrected chi connectivity index (χ2v) is 4.89. The van der Waals surface area contributed by atoms with Crippen LogP contribution in [0.4, 0.5) is 17.5 Å². The highest BCUT2D eigenvalue weighted by Crippen LogP contribution is 2.25. The summed E-state index contributed by atoms with van der Waals surface area (Å²) in [6.07, 6.45) is 3.14. The number of anilines is 2. The fraction of sp³-hybridized carbons (Fsp3) is 0.583. The number of nitrogens with zero attached hydrogens (tertiary/aromatic N) is 4. The van der Waals surface area contributed by atoms with E-state index in [1.54, 1.807) is 7.05 Å². The molecule has 0 spiro atoms. The highest BCUT2D eigenvalue weighted by molar-refractivity contribution is 5.82. The van der Waals surface area contributed by atoms with Gasteiger partial charge in [0, 0.05) is 19.6 Å². The van der Waals surface area contributed by atoms with Crippen molar-refractivity contribution >= 4 is 23.4 Å². The minimum Gasteiger partial charge on any atom is -0.354 e. The molecule has 114 valence electrons. The molecule has 0 radical (unpaired) electrons. The lowest BCUT2D eigenvalue weighted by atomic mass is 10.4. The number of hydrogen-bond donors (Lipinski definition) is 2. The molecule has 1 saturated carbocycles. The van der Waals surface area contributed by atoms with Gasteiger partial charge in [-0.05, 0) is 19.8 Å². The van der Waals surface area contributed by atoms with Gasteiger partial charge in [-0.2, -0.15) is 4.98 Å². The molecule has 0 bridgehead atoms. The number of nitrogens with one attached hydrogen (secondary N) is 2. The van der Waals surface area contributed by atoms with Crippen molar-refractivity contribution in [1.82, 2.24) is 15.3 Å². The van der Waals surface area contributed by atoms with E-state index in [4.69, 9.17) is 0 Å². The largest absolute Gasteiger partial charge is 0.354 e. The molecule has 1 aliphatic rings. The van der Waals surface area contributed by atoms with Gasteiger partial charge in [-0.15, -0.1) is 0 Å². The highest BCUT2D eigenvalue weighted by atomic mass is 16.6. The predicted molar refractivity (Wildman–Crippen MR) is 77.3 cm³/mol. The lowest BCUT2D eigenvalue weighted by Crippen LogP contribution is -2.36. The van der Waals surface area contributed by atoms with Gasteiger partial charge in [0.1, 0.15) is 6.20 Å². The molecule has 0 aliphatic heterocycles. The van der Waals surface area contributed by atoms with E-state index < -0.39 is 4.92 Å². The van der Waals surface area contributed by atoms with Gasteiger partial charge in [0.15, 0.2) is 0 Å². The summed E-state index contributed by atoms with van der Waals surface area (Å²) < 4.78 is 0. The van der Waals surface area contributed by atoms with Crippen LogP contribution >= 0.6 is 0 Å². The predicted octanol–water partition coefficient (Wildman–Crippen LogP) is 0.531. The molecule has 9 nitrogen and oxygen atoms in total. The van der Waals surface area contributed by atoms with Crippen LogP contribution in [-0.4, -0.2) is 47.0 Å². The molecule has 21 heavy (non-hydrogen) atoms. The van der Waals surface area contributed by atoms with E-state index in [1.807, 2.05) is 6.92 Å². The van der Waals surface area contributed by atoms with Crippen LogP contribution in [0.25, 0.3) is 0 Å². The zero-order chi connectivity index (χ0) is 15.4. The van der Waals surface area contributed by atoms with Crippen LogP contribution in [0.15, 0.2) is 6.20 Å². The number of amides is 1. The smallest absolute Gasteiger partial charge is 0.329 e. The van der Waals surface area contributed by atoms with Crippen molar-refractivity contribution in [2.24, 2.45) is 0 Å². The van der Waals surface area contributed by atoms with E-state index in [9.17, 15) is 14.9 Å². The maximum absolute atomic E-state index is 11.8. The van der Waals surface area contributed by atoms with Crippen molar-refractivity contribution in [1.29, 1.82) is 0 Å². The Balaban J connectivity index is 2.15. The number of hydrogen-bond acceptors (Lipinski definition) is 7. The molecule has 1 aromatic rings. The van der Waals surface area contributed by atoms with Crippen LogP contribution in [0.5, 0.6) is 0 Å². The SMILES string of the molecule is CCNc1ncc([N+](=O)[O-])c(N(C)CC(=O)NC2CC2)n1. The van der Waals surface area contributed by atoms with Crippen molar-refractivity contribution in [3.05, 3.63) is 16.3 Å². The first-order valence-electron chi connectivity index (χ1n) is 6.77. The first-order chi connectivity index (χ1) is 10.0. The highest BCUT2D eigenvalue weighted by Gasteiger charge is 2.26. The van der Waals surface area contributed by atoms with Gasteiger partial charge in [-0.25, -0.2) is 4.98 Å². The number of likely N-dealkylation sites (N-methyl/N-ethyl adjacent to an activating group) is 1. The zero-order valence-corrected chi connectivity index (χ0v) is 12.0. The average molecular weight is 294 g/mol. The Labute approximate surface area is 121 Å². The van der Waals surface area contributed by atoms with Crippen LogP contribution < -0.4 is 15.5 Å². The number of aromatic nitrogens is 2. The van der Waals surface area contributed by atoms with Crippen LogP contribution in [0, 0.1) is 10.1 Å². The van der Waals surface area contributed by atoms with E-state index in [-0.39, 0.29) is 30.0 Å². The van der Waals surface area contributed by atoms with E-state index in [0.717, 1.165) is 19.0 Å². The fourth-order valence-corrected chi connectivity index (χ4v) is 1.81. The van der Waals surface area contributed by atoms with Gasteiger partial charge >= 0.3 is 5.69 Å². The first kappa shape index (κ1) is 14.9. The third kappa shape index (κ3) is 4.01. The second kappa shape index (κ2) is 6.33. The minimum absolute atomic E-state index is 0.0138. The average Bonchev–Trinajstić information content (AvgIpc) is 3.22. The fourth-order valence-electron chi connectivity index (χ4n) is 1.81. The van der Waals surface area contributed by atoms with E-state index >= 15 is 0 Å². The summed E-state index contributed by atoms with van der Waals surface area (Å²) in [7, 11) is 1.59. The molecule has 0 unspecified atom stereocenters. The number of nitro groups is 1. The van der Waals surface area contributed by atoms with Gasteiger partial charge in [-0.1, -0.05) is 0 Å². The van der Waals surface area contributed by atoms with Crippen molar-refractivity contribution in [2.45, 2.75) is 25.8 Å². The minimum atomic E-state index is -0.555. The van der Waals surface area contributed by atoms with Gasteiger partial charge in [0.2, 0.25) is 17.7 Å². The van der Waals surface area contributed by atoms with Gasteiger partial charge in [-0.3, -0.25) is 14.9 Å². The molecule has 9 heteroatoms. The molecule has 0 saturated heterocycles. The van der Waals surface area contributed by atoms with Crippen molar-refractivity contribution in [2.75, 3.05) is 30.4 Å². The second-order valence-electron chi connectivity index (χ2n) is 4.89. The summed E-state index contributed by atoms with van der Waals surface area (Å²) in [6, 6.07) is 0.253. The Morgan fingerprint density at radius 2 is 2.29 bits per heavy atom. The summed E-state index contributed by atoms with van der Waals surface area (Å²) in [5.41, 5.74) is -0.224. The van der Waals surface area contributed by atoms with Crippen molar-refractivity contribution in [3.8, 4) is 0 Å². The molecule has 1 heterocycles. The summed E-state index contributed by atoms with van der Waals surface area (Å²) in [6.45, 7) is 2.49. The Morgan fingerprint density at radius 1 is 1.57 bits per heavy atom. The monoisotopic (exact) mass is 294 g/mol. The molecule has 2 N–H and O–H groups in total. The molecule has 1 amide bonds. The standard InChI is InChI=1S/C12H18N6O3/c1-3-13-12-14-6-9(18(20)21)11(16-12)17(2)7-10(19)15-8-4-5-8/h6,8H,3-5,7H2,1-2H3,(H,15,19)(H,13,14,16). The third-order valence-corrected chi connectivity index (χ3v) is 2.97. The lowest BCUT2D eigenvalue weighted by Gasteiger charge is -2.18. The van der Waals surface area contributed by atoms with Crippen molar-refractivity contribution < 1.29 is 9.72 Å². The third-order valence-electron chi connectivity index (χ3n) is 2.97. The van der Waals surface area contributed by atoms with Gasteiger partial charge < -0.3 is 15.5 Å². The molecule has 0 atom stereocenters. The molecule has 1 fully saturated rings. The van der Waals surface area contributed by atoms with Crippen molar-refractivity contribution in [3.63, 3.8) is 0 Å². The quantitative estimate of drug-likeness (QED) is 0.557. The maximum atomic E-state index is 11.8. The van der Waals surface area contributed by atoms with Gasteiger partial charge in [0.25, 0.3) is 0 Å². The molecule has 1 aromatic heterocycles. The Hall–Kier alpha value is -2.45. The first-order valence-corrected chi connectivity index (χ1v) is 6.77. The summed E-state index contributed by atoms with van der Waals surface area (Å²) >= 11 is 0. The van der Waals surface area contributed by atoms with Crippen LogP contribution in [0.3, 0.4) is 0 Å². The molecule has 2 rings (SSSR count). The normalized spacial score (nSPS) is 13.6. The topological polar surface area (TPSA) is 113 Å². The zero-order valence-electron chi connectivity index (χ0n) is 12.0. The maximum Gasteiger partial charge on any atom is 0.329 e. The number of rotatable bonds is 7. The lowest BCUT2D eigenvalue weighted by molar-refractivity contribution is -0.384. The molecule has 0 aromatic carbocycles. The number of carbonyl (C=O) groups is 1.